The van der Waals surface area contributed by atoms with Crippen LogP contribution in [0.4, 0.5) is 5.69 Å². The monoisotopic (exact) mass is 442 g/mol. The maximum Gasteiger partial charge on any atom is 0.219 e. The minimum absolute atomic E-state index is 0.0631. The number of carbonyl (C=O) groups is 1. The van der Waals surface area contributed by atoms with Crippen molar-refractivity contribution in [3.05, 3.63) is 48.0 Å². The molecule has 2 aromatic rings. The second-order valence-corrected chi connectivity index (χ2v) is 8.18. The summed E-state index contributed by atoms with van der Waals surface area (Å²) in [6.07, 6.45) is -0.263. The van der Waals surface area contributed by atoms with Gasteiger partial charge in [-0.3, -0.25) is 4.79 Å². The Morgan fingerprint density at radius 3 is 2.44 bits per heavy atom. The lowest BCUT2D eigenvalue weighted by Gasteiger charge is -2.35. The van der Waals surface area contributed by atoms with Gasteiger partial charge in [-0.25, -0.2) is 0 Å². The zero-order valence-electron chi connectivity index (χ0n) is 18.7. The molecule has 0 bridgehead atoms. The molecule has 172 valence electrons. The molecule has 0 saturated carbocycles. The molecule has 2 saturated heterocycles. The fourth-order valence-electron chi connectivity index (χ4n) is 4.11. The summed E-state index contributed by atoms with van der Waals surface area (Å²) in [5.41, 5.74) is 1.67. The third kappa shape index (κ3) is 4.76. The summed E-state index contributed by atoms with van der Waals surface area (Å²) in [4.78, 5) is 15.6. The van der Waals surface area contributed by atoms with Gasteiger partial charge in [-0.1, -0.05) is 0 Å². The Kier molecular flexibility index (Phi) is 6.43. The van der Waals surface area contributed by atoms with Gasteiger partial charge in [0, 0.05) is 44.9 Å². The van der Waals surface area contributed by atoms with E-state index in [1.54, 1.807) is 39.2 Å². The summed E-state index contributed by atoms with van der Waals surface area (Å²) in [6.45, 7) is 7.24. The summed E-state index contributed by atoms with van der Waals surface area (Å²) < 4.78 is 23.0. The van der Waals surface area contributed by atoms with Crippen LogP contribution >= 0.6 is 0 Å². The van der Waals surface area contributed by atoms with Crippen LogP contribution < -0.4 is 14.4 Å². The highest BCUT2D eigenvalue weighted by Crippen LogP contribution is 2.40. The van der Waals surface area contributed by atoms with Gasteiger partial charge < -0.3 is 33.9 Å². The molecule has 2 aromatic carbocycles. The number of hydrogen-bond acceptors (Lipinski definition) is 7. The molecule has 2 aliphatic heterocycles. The number of benzene rings is 2. The number of nitrogens with zero attached hydrogens (tertiary/aromatic N) is 2. The number of amides is 1. The molecule has 4 rings (SSSR count). The lowest BCUT2D eigenvalue weighted by Crippen LogP contribution is -2.48. The van der Waals surface area contributed by atoms with E-state index in [1.807, 2.05) is 29.2 Å². The van der Waals surface area contributed by atoms with Crippen molar-refractivity contribution >= 4 is 11.6 Å². The van der Waals surface area contributed by atoms with Gasteiger partial charge in [0.25, 0.3) is 0 Å². The molecule has 0 spiro atoms. The van der Waals surface area contributed by atoms with Crippen molar-refractivity contribution in [2.24, 2.45) is 0 Å². The Morgan fingerprint density at radius 1 is 1.12 bits per heavy atom. The van der Waals surface area contributed by atoms with E-state index in [-0.39, 0.29) is 17.8 Å². The van der Waals surface area contributed by atoms with Gasteiger partial charge >= 0.3 is 0 Å². The molecule has 2 atom stereocenters. The van der Waals surface area contributed by atoms with Crippen molar-refractivity contribution in [1.29, 1.82) is 0 Å². The van der Waals surface area contributed by atoms with E-state index >= 15 is 0 Å². The second-order valence-electron chi connectivity index (χ2n) is 8.18. The van der Waals surface area contributed by atoms with Crippen molar-refractivity contribution in [3.63, 3.8) is 0 Å². The fraction of sp³-hybridized carbons (Fsp3) is 0.458. The number of piperazine rings is 1. The van der Waals surface area contributed by atoms with Gasteiger partial charge in [-0.05, 0) is 43.3 Å². The number of hydrogen-bond donors (Lipinski definition) is 1. The highest BCUT2D eigenvalue weighted by molar-refractivity contribution is 5.73. The summed E-state index contributed by atoms with van der Waals surface area (Å²) in [5.74, 6) is 0.464. The molecule has 8 heteroatoms. The summed E-state index contributed by atoms with van der Waals surface area (Å²) >= 11 is 0. The van der Waals surface area contributed by atoms with Crippen molar-refractivity contribution in [1.82, 2.24) is 4.90 Å². The molecule has 1 amide bonds. The first-order chi connectivity index (χ1) is 15.4. The number of phenols is 1. The van der Waals surface area contributed by atoms with Crippen molar-refractivity contribution in [2.75, 3.05) is 51.4 Å². The lowest BCUT2D eigenvalue weighted by atomic mass is 10.1. The topological polar surface area (TPSA) is 80.7 Å². The Balaban J connectivity index is 1.30. The molecule has 2 fully saturated rings. The normalized spacial score (nSPS) is 23.3. The van der Waals surface area contributed by atoms with Crippen LogP contribution in [0.5, 0.6) is 17.2 Å². The number of rotatable bonds is 6. The van der Waals surface area contributed by atoms with E-state index in [4.69, 9.17) is 18.9 Å². The molecule has 0 aromatic heterocycles. The molecular weight excluding hydrogens is 412 g/mol. The SMILES string of the molecule is COc1ccc(C2(C)OCC(COc3ccc(N4CCN(C(C)=O)CC4)cc3)O2)c(O)c1. The Hall–Kier alpha value is -2.97. The fourth-order valence-corrected chi connectivity index (χ4v) is 4.11. The van der Waals surface area contributed by atoms with E-state index in [1.165, 1.54) is 0 Å². The zero-order valence-corrected chi connectivity index (χ0v) is 18.7. The zero-order chi connectivity index (χ0) is 22.7. The maximum absolute atomic E-state index is 11.5. The van der Waals surface area contributed by atoms with Gasteiger partial charge in [0.1, 0.15) is 30.0 Å². The highest BCUT2D eigenvalue weighted by Gasteiger charge is 2.41. The summed E-state index contributed by atoms with van der Waals surface area (Å²) in [7, 11) is 1.55. The Labute approximate surface area is 188 Å². The predicted octanol–water partition coefficient (Wildman–Crippen LogP) is 2.74. The van der Waals surface area contributed by atoms with Crippen LogP contribution in [0, 0.1) is 0 Å². The largest absolute Gasteiger partial charge is 0.507 e. The van der Waals surface area contributed by atoms with Crippen LogP contribution in [-0.4, -0.2) is 68.5 Å². The number of carbonyl (C=O) groups excluding carboxylic acids is 1. The quantitative estimate of drug-likeness (QED) is 0.737. The van der Waals surface area contributed by atoms with E-state index in [9.17, 15) is 9.90 Å². The predicted molar refractivity (Wildman–Crippen MR) is 119 cm³/mol. The van der Waals surface area contributed by atoms with Crippen molar-refractivity contribution in [3.8, 4) is 17.2 Å². The first-order valence-corrected chi connectivity index (χ1v) is 10.8. The number of ether oxygens (including phenoxy) is 4. The molecule has 0 aliphatic carbocycles. The average Bonchev–Trinajstić information content (AvgIpc) is 3.19. The van der Waals surface area contributed by atoms with E-state index < -0.39 is 5.79 Å². The molecule has 0 radical (unpaired) electrons. The highest BCUT2D eigenvalue weighted by atomic mass is 16.7. The molecule has 2 heterocycles. The molecule has 8 nitrogen and oxygen atoms in total. The van der Waals surface area contributed by atoms with Crippen LogP contribution in [0.1, 0.15) is 19.4 Å². The summed E-state index contributed by atoms with van der Waals surface area (Å²) in [5, 5.41) is 10.3. The molecular formula is C24H30N2O6. The Bertz CT molecular complexity index is 942. The van der Waals surface area contributed by atoms with E-state index in [2.05, 4.69) is 4.90 Å². The third-order valence-electron chi connectivity index (χ3n) is 5.99. The number of aromatic hydroxyl groups is 1. The second kappa shape index (κ2) is 9.26. The minimum atomic E-state index is -1.05. The molecule has 32 heavy (non-hydrogen) atoms. The third-order valence-corrected chi connectivity index (χ3v) is 5.99. The maximum atomic E-state index is 11.5. The van der Waals surface area contributed by atoms with Crippen LogP contribution in [0.3, 0.4) is 0 Å². The van der Waals surface area contributed by atoms with Crippen LogP contribution in [0.2, 0.25) is 0 Å². The van der Waals surface area contributed by atoms with Crippen molar-refractivity contribution < 1.29 is 28.8 Å². The molecule has 1 N–H and O–H groups in total. The Morgan fingerprint density at radius 2 is 1.81 bits per heavy atom. The van der Waals surface area contributed by atoms with Crippen LogP contribution in [0.15, 0.2) is 42.5 Å². The minimum Gasteiger partial charge on any atom is -0.507 e. The number of anilines is 1. The number of methoxy groups -OCH3 is 1. The average molecular weight is 443 g/mol. The first kappa shape index (κ1) is 22.2. The summed E-state index contributed by atoms with van der Waals surface area (Å²) in [6, 6.07) is 13.0. The van der Waals surface area contributed by atoms with E-state index in [0.717, 1.165) is 37.6 Å². The van der Waals surface area contributed by atoms with E-state index in [0.29, 0.717) is 24.5 Å². The smallest absolute Gasteiger partial charge is 0.219 e. The number of phenolic OH excluding ortho intramolecular Hbond substituents is 1. The van der Waals surface area contributed by atoms with Crippen LogP contribution in [0.25, 0.3) is 0 Å². The first-order valence-electron chi connectivity index (χ1n) is 10.8. The van der Waals surface area contributed by atoms with Crippen molar-refractivity contribution in [2.45, 2.75) is 25.7 Å². The standard InChI is InChI=1S/C24H30N2O6/c1-17(27)25-10-12-26(13-11-25)18-4-6-19(7-5-18)30-15-21-16-31-24(2,32-21)22-9-8-20(29-3)14-23(22)28/h4-9,14,21,28H,10-13,15-16H2,1-3H3. The molecule has 2 aliphatic rings. The van der Waals surface area contributed by atoms with Gasteiger partial charge in [0.15, 0.2) is 5.79 Å². The van der Waals surface area contributed by atoms with Crippen LogP contribution in [-0.2, 0) is 20.1 Å². The van der Waals surface area contributed by atoms with Gasteiger partial charge in [-0.2, -0.15) is 0 Å². The van der Waals surface area contributed by atoms with Gasteiger partial charge in [0.2, 0.25) is 5.91 Å². The van der Waals surface area contributed by atoms with Gasteiger partial charge in [-0.15, -0.1) is 0 Å². The lowest BCUT2D eigenvalue weighted by molar-refractivity contribution is -0.165. The molecule has 2 unspecified atom stereocenters. The van der Waals surface area contributed by atoms with Gasteiger partial charge in [0.05, 0.1) is 19.3 Å².